The first-order valence-electron chi connectivity index (χ1n) is 9.71. The number of amides is 2. The van der Waals surface area contributed by atoms with Gasteiger partial charge in [-0.05, 0) is 42.3 Å². The molecule has 1 aliphatic rings. The topological polar surface area (TPSA) is 88.3 Å². The molecule has 1 aromatic heterocycles. The molecule has 0 radical (unpaired) electrons. The monoisotopic (exact) mass is 390 g/mol. The van der Waals surface area contributed by atoms with Gasteiger partial charge in [0, 0.05) is 29.9 Å². The average molecular weight is 390 g/mol. The van der Waals surface area contributed by atoms with E-state index in [1.54, 1.807) is 23.1 Å². The van der Waals surface area contributed by atoms with Crippen LogP contribution in [0.1, 0.15) is 25.3 Å². The van der Waals surface area contributed by atoms with Crippen molar-refractivity contribution in [3.63, 3.8) is 0 Å². The van der Waals surface area contributed by atoms with E-state index in [0.717, 1.165) is 24.1 Å². The quantitative estimate of drug-likeness (QED) is 0.694. The predicted octanol–water partition coefficient (Wildman–Crippen LogP) is 3.68. The molecule has 1 saturated heterocycles. The summed E-state index contributed by atoms with van der Waals surface area (Å²) in [5, 5.41) is 10.4. The smallest absolute Gasteiger partial charge is 0.247 e. The van der Waals surface area contributed by atoms with E-state index in [2.05, 4.69) is 22.4 Å². The van der Waals surface area contributed by atoms with Crippen molar-refractivity contribution in [1.82, 2.24) is 10.2 Å². The Balaban J connectivity index is 1.42. The number of benzene rings is 2. The molecule has 2 aromatic carbocycles. The number of rotatable bonds is 6. The summed E-state index contributed by atoms with van der Waals surface area (Å²) < 4.78 is 5.19. The van der Waals surface area contributed by atoms with Crippen molar-refractivity contribution in [3.05, 3.63) is 60.5 Å². The molecule has 7 heteroatoms. The van der Waals surface area contributed by atoms with Gasteiger partial charge >= 0.3 is 0 Å². The summed E-state index contributed by atoms with van der Waals surface area (Å²) in [6.07, 6.45) is 3.56. The van der Waals surface area contributed by atoms with Crippen molar-refractivity contribution in [2.75, 3.05) is 16.8 Å². The maximum Gasteiger partial charge on any atom is 0.247 e. The van der Waals surface area contributed by atoms with Crippen LogP contribution in [0.2, 0.25) is 0 Å². The summed E-state index contributed by atoms with van der Waals surface area (Å²) in [5.74, 6) is -0.223. The zero-order valence-corrected chi connectivity index (χ0v) is 16.2. The second-order valence-corrected chi connectivity index (χ2v) is 7.14. The highest BCUT2D eigenvalue weighted by Gasteiger charge is 2.35. The van der Waals surface area contributed by atoms with E-state index in [-0.39, 0.29) is 18.2 Å². The Hall–Kier alpha value is -3.48. The fraction of sp³-hybridized carbons (Fsp3) is 0.273. The molecule has 3 aromatic rings. The SMILES string of the molecule is CCCc1ccc(N2CC(C(=O)Nc3cccc(-c4nnco4)c3)CC2=O)cc1. The van der Waals surface area contributed by atoms with Crippen LogP contribution >= 0.6 is 0 Å². The van der Waals surface area contributed by atoms with Crippen LogP contribution in [0.15, 0.2) is 59.3 Å². The van der Waals surface area contributed by atoms with E-state index in [0.29, 0.717) is 18.1 Å². The van der Waals surface area contributed by atoms with Gasteiger partial charge in [0.15, 0.2) is 0 Å². The Morgan fingerprint density at radius 1 is 1.24 bits per heavy atom. The van der Waals surface area contributed by atoms with Crippen molar-refractivity contribution in [2.45, 2.75) is 26.2 Å². The highest BCUT2D eigenvalue weighted by molar-refractivity contribution is 6.03. The van der Waals surface area contributed by atoms with Crippen molar-refractivity contribution in [3.8, 4) is 11.5 Å². The average Bonchev–Trinajstić information content (AvgIpc) is 3.39. The molecule has 2 amide bonds. The van der Waals surface area contributed by atoms with Crippen LogP contribution < -0.4 is 10.2 Å². The summed E-state index contributed by atoms with van der Waals surface area (Å²) in [7, 11) is 0. The third-order valence-electron chi connectivity index (χ3n) is 5.02. The number of hydrogen-bond donors (Lipinski definition) is 1. The number of carbonyl (C=O) groups excluding carboxylic acids is 2. The van der Waals surface area contributed by atoms with Crippen LogP contribution in [0.4, 0.5) is 11.4 Å². The fourth-order valence-electron chi connectivity index (χ4n) is 3.54. The summed E-state index contributed by atoms with van der Waals surface area (Å²) in [6.45, 7) is 2.51. The molecule has 0 bridgehead atoms. The lowest BCUT2D eigenvalue weighted by Gasteiger charge is -2.17. The summed E-state index contributed by atoms with van der Waals surface area (Å²) in [5.41, 5.74) is 3.43. The van der Waals surface area contributed by atoms with Gasteiger partial charge in [-0.25, -0.2) is 0 Å². The van der Waals surface area contributed by atoms with Gasteiger partial charge in [0.2, 0.25) is 24.1 Å². The zero-order valence-electron chi connectivity index (χ0n) is 16.2. The second kappa shape index (κ2) is 8.26. The van der Waals surface area contributed by atoms with E-state index in [1.807, 2.05) is 30.3 Å². The number of hydrogen-bond acceptors (Lipinski definition) is 5. The normalized spacial score (nSPS) is 16.2. The zero-order chi connectivity index (χ0) is 20.2. The molecule has 148 valence electrons. The highest BCUT2D eigenvalue weighted by Crippen LogP contribution is 2.27. The first kappa shape index (κ1) is 18.9. The molecule has 1 aliphatic heterocycles. The minimum absolute atomic E-state index is 0.0343. The number of anilines is 2. The van der Waals surface area contributed by atoms with Gasteiger partial charge in [0.1, 0.15) is 0 Å². The molecular weight excluding hydrogens is 368 g/mol. The first-order valence-corrected chi connectivity index (χ1v) is 9.71. The summed E-state index contributed by atoms with van der Waals surface area (Å²) in [4.78, 5) is 26.9. The molecule has 0 saturated carbocycles. The molecule has 1 atom stereocenters. The lowest BCUT2D eigenvalue weighted by Crippen LogP contribution is -2.28. The minimum Gasteiger partial charge on any atom is -0.423 e. The fourth-order valence-corrected chi connectivity index (χ4v) is 3.54. The van der Waals surface area contributed by atoms with Gasteiger partial charge in [-0.3, -0.25) is 9.59 Å². The molecule has 2 heterocycles. The van der Waals surface area contributed by atoms with Crippen molar-refractivity contribution < 1.29 is 14.0 Å². The summed E-state index contributed by atoms with van der Waals surface area (Å²) >= 11 is 0. The number of nitrogens with zero attached hydrogens (tertiary/aromatic N) is 3. The Bertz CT molecular complexity index is 999. The Labute approximate surface area is 168 Å². The Morgan fingerprint density at radius 3 is 2.79 bits per heavy atom. The van der Waals surface area contributed by atoms with Gasteiger partial charge in [0.25, 0.3) is 0 Å². The van der Waals surface area contributed by atoms with Crippen molar-refractivity contribution in [1.29, 1.82) is 0 Å². The van der Waals surface area contributed by atoms with Crippen LogP contribution in [-0.2, 0) is 16.0 Å². The van der Waals surface area contributed by atoms with Crippen molar-refractivity contribution >= 4 is 23.2 Å². The molecule has 29 heavy (non-hydrogen) atoms. The van der Waals surface area contributed by atoms with E-state index >= 15 is 0 Å². The number of carbonyl (C=O) groups is 2. The molecule has 1 unspecified atom stereocenters. The first-order chi connectivity index (χ1) is 14.1. The van der Waals surface area contributed by atoms with Crippen LogP contribution in [0.3, 0.4) is 0 Å². The Morgan fingerprint density at radius 2 is 2.07 bits per heavy atom. The highest BCUT2D eigenvalue weighted by atomic mass is 16.4. The van der Waals surface area contributed by atoms with Crippen LogP contribution in [-0.4, -0.2) is 28.6 Å². The Kier molecular flexibility index (Phi) is 5.37. The third-order valence-corrected chi connectivity index (χ3v) is 5.02. The summed E-state index contributed by atoms with van der Waals surface area (Å²) in [6, 6.07) is 15.2. The largest absolute Gasteiger partial charge is 0.423 e. The number of nitrogens with one attached hydrogen (secondary N) is 1. The van der Waals surface area contributed by atoms with E-state index in [4.69, 9.17) is 4.42 Å². The van der Waals surface area contributed by atoms with E-state index in [9.17, 15) is 9.59 Å². The maximum absolute atomic E-state index is 12.7. The van der Waals surface area contributed by atoms with Crippen LogP contribution in [0, 0.1) is 5.92 Å². The van der Waals surface area contributed by atoms with Crippen LogP contribution in [0.5, 0.6) is 0 Å². The molecule has 0 spiro atoms. The van der Waals surface area contributed by atoms with Gasteiger partial charge in [-0.1, -0.05) is 31.5 Å². The lowest BCUT2D eigenvalue weighted by atomic mass is 10.1. The molecule has 4 rings (SSSR count). The minimum atomic E-state index is -0.398. The van der Waals surface area contributed by atoms with Gasteiger partial charge in [-0.2, -0.15) is 0 Å². The molecule has 1 fully saturated rings. The third kappa shape index (κ3) is 4.18. The maximum atomic E-state index is 12.7. The second-order valence-electron chi connectivity index (χ2n) is 7.14. The molecule has 1 N–H and O–H groups in total. The predicted molar refractivity (Wildman–Crippen MR) is 109 cm³/mol. The van der Waals surface area contributed by atoms with Gasteiger partial charge in [-0.15, -0.1) is 10.2 Å². The lowest BCUT2D eigenvalue weighted by molar-refractivity contribution is -0.122. The van der Waals surface area contributed by atoms with Crippen LogP contribution in [0.25, 0.3) is 11.5 Å². The van der Waals surface area contributed by atoms with Gasteiger partial charge in [0.05, 0.1) is 5.92 Å². The van der Waals surface area contributed by atoms with E-state index in [1.165, 1.54) is 12.0 Å². The number of aromatic nitrogens is 2. The molecule has 7 nitrogen and oxygen atoms in total. The van der Waals surface area contributed by atoms with Crippen molar-refractivity contribution in [2.24, 2.45) is 5.92 Å². The number of aryl methyl sites for hydroxylation is 1. The standard InChI is InChI=1S/C22H22N4O3/c1-2-4-15-7-9-19(10-8-15)26-13-17(12-20(26)27)21(28)24-18-6-3-5-16(11-18)22-25-23-14-29-22/h3,5-11,14,17H,2,4,12-13H2,1H3,(H,24,28). The molecule has 0 aliphatic carbocycles. The van der Waals surface area contributed by atoms with Gasteiger partial charge < -0.3 is 14.6 Å². The molecular formula is C22H22N4O3. The van der Waals surface area contributed by atoms with E-state index < -0.39 is 5.92 Å².